The van der Waals surface area contributed by atoms with E-state index in [2.05, 4.69) is 168 Å². The third-order valence-electron chi connectivity index (χ3n) is 8.81. The number of hydrogen-bond donors (Lipinski definition) is 0. The Morgan fingerprint density at radius 2 is 0.795 bits per heavy atom. The van der Waals surface area contributed by atoms with Crippen LogP contribution in [0, 0.1) is 0 Å². The van der Waals surface area contributed by atoms with Crippen molar-refractivity contribution in [2.24, 2.45) is 0 Å². The molecule has 2 aromatic heterocycles. The molecule has 44 heavy (non-hydrogen) atoms. The van der Waals surface area contributed by atoms with Gasteiger partial charge in [0.15, 0.2) is 0 Å². The summed E-state index contributed by atoms with van der Waals surface area (Å²) in [5.74, 6) is 0. The average Bonchev–Trinajstić information content (AvgIpc) is 3.72. The van der Waals surface area contributed by atoms with E-state index in [1.807, 2.05) is 11.3 Å². The van der Waals surface area contributed by atoms with Crippen molar-refractivity contribution in [2.45, 2.75) is 0 Å². The summed E-state index contributed by atoms with van der Waals surface area (Å²) in [6.07, 6.45) is 0. The Labute approximate surface area is 259 Å². The summed E-state index contributed by atoms with van der Waals surface area (Å²) < 4.78 is 2.48. The van der Waals surface area contributed by atoms with Gasteiger partial charge < -0.3 is 4.57 Å². The molecule has 0 unspecified atom stereocenters. The zero-order valence-electron chi connectivity index (χ0n) is 23.9. The van der Waals surface area contributed by atoms with Gasteiger partial charge in [-0.25, -0.2) is 0 Å². The van der Waals surface area contributed by atoms with Crippen molar-refractivity contribution in [3.05, 3.63) is 164 Å². The molecule has 0 fully saturated rings. The molecule has 1 nitrogen and oxygen atoms in total. The SMILES string of the molecule is c1ccc(-c2ccc(-c3cccc(-c4c5ccccc5c(-n5c6ccccc6c6ccccc65)c5ccccc45)c3)s2)cc1. The predicted octanol–water partition coefficient (Wildman–Crippen LogP) is 12.2. The largest absolute Gasteiger partial charge is 0.308 e. The molecule has 0 N–H and O–H groups in total. The van der Waals surface area contributed by atoms with Crippen molar-refractivity contribution in [1.29, 1.82) is 0 Å². The van der Waals surface area contributed by atoms with E-state index < -0.39 is 0 Å². The molecular formula is C42H27NS. The van der Waals surface area contributed by atoms with Crippen LogP contribution in [0.4, 0.5) is 0 Å². The van der Waals surface area contributed by atoms with Crippen molar-refractivity contribution in [3.8, 4) is 37.7 Å². The van der Waals surface area contributed by atoms with E-state index in [1.165, 1.54) is 81.0 Å². The Hall–Kier alpha value is -5.44. The number of thiophene rings is 1. The maximum absolute atomic E-state index is 2.48. The molecule has 206 valence electrons. The molecular weight excluding hydrogens is 551 g/mol. The molecule has 0 saturated carbocycles. The Balaban J connectivity index is 1.32. The van der Waals surface area contributed by atoms with Gasteiger partial charge in [-0.15, -0.1) is 11.3 Å². The van der Waals surface area contributed by atoms with E-state index in [4.69, 9.17) is 0 Å². The van der Waals surface area contributed by atoms with Crippen LogP contribution < -0.4 is 0 Å². The average molecular weight is 578 g/mol. The first-order valence-corrected chi connectivity index (χ1v) is 15.8. The molecule has 0 aliphatic heterocycles. The number of nitrogens with zero attached hydrogens (tertiary/aromatic N) is 1. The van der Waals surface area contributed by atoms with Gasteiger partial charge in [-0.05, 0) is 63.4 Å². The second-order valence-corrected chi connectivity index (χ2v) is 12.4. The number of hydrogen-bond acceptors (Lipinski definition) is 1. The van der Waals surface area contributed by atoms with Crippen LogP contribution in [-0.2, 0) is 0 Å². The lowest BCUT2D eigenvalue weighted by atomic mass is 9.89. The molecule has 0 aliphatic carbocycles. The number of aromatic nitrogens is 1. The van der Waals surface area contributed by atoms with Crippen molar-refractivity contribution in [1.82, 2.24) is 4.57 Å². The van der Waals surface area contributed by atoms with Crippen LogP contribution in [0.25, 0.3) is 81.0 Å². The summed E-state index contributed by atoms with van der Waals surface area (Å²) in [6.45, 7) is 0. The summed E-state index contributed by atoms with van der Waals surface area (Å²) in [5.41, 5.74) is 8.71. The molecule has 0 radical (unpaired) electrons. The first-order valence-electron chi connectivity index (χ1n) is 15.0. The van der Waals surface area contributed by atoms with E-state index in [0.29, 0.717) is 0 Å². The normalized spacial score (nSPS) is 11.6. The van der Waals surface area contributed by atoms with Gasteiger partial charge in [0.25, 0.3) is 0 Å². The smallest absolute Gasteiger partial charge is 0.0619 e. The van der Waals surface area contributed by atoms with E-state index in [9.17, 15) is 0 Å². The molecule has 0 aliphatic rings. The van der Waals surface area contributed by atoms with Crippen LogP contribution in [0.1, 0.15) is 0 Å². The second-order valence-electron chi connectivity index (χ2n) is 11.3. The van der Waals surface area contributed by atoms with E-state index in [-0.39, 0.29) is 0 Å². The standard InChI is InChI=1S/C42H27NS/c1-2-13-28(14-3-1)39-25-26-40(44-39)29-15-12-16-30(27-29)41-33-19-4-6-21-35(33)42(36-22-7-5-20-34(36)41)43-37-23-10-8-17-31(37)32-18-9-11-24-38(32)43/h1-27H. The third-order valence-corrected chi connectivity index (χ3v) is 9.99. The van der Waals surface area contributed by atoms with Crippen LogP contribution >= 0.6 is 11.3 Å². The zero-order chi connectivity index (χ0) is 29.0. The Morgan fingerprint density at radius 1 is 0.341 bits per heavy atom. The van der Waals surface area contributed by atoms with E-state index in [0.717, 1.165) is 0 Å². The highest BCUT2D eigenvalue weighted by Crippen LogP contribution is 2.45. The Morgan fingerprint density at radius 3 is 1.41 bits per heavy atom. The number of para-hydroxylation sites is 2. The molecule has 0 bridgehead atoms. The minimum Gasteiger partial charge on any atom is -0.308 e. The molecule has 0 amide bonds. The minimum absolute atomic E-state index is 1.23. The van der Waals surface area contributed by atoms with Gasteiger partial charge in [0, 0.05) is 31.3 Å². The predicted molar refractivity (Wildman–Crippen MR) is 190 cm³/mol. The van der Waals surface area contributed by atoms with Crippen LogP contribution in [0.2, 0.25) is 0 Å². The highest BCUT2D eigenvalue weighted by atomic mass is 32.1. The topological polar surface area (TPSA) is 4.93 Å². The summed E-state index contributed by atoms with van der Waals surface area (Å²) in [7, 11) is 0. The molecule has 2 heterocycles. The van der Waals surface area contributed by atoms with Gasteiger partial charge in [-0.1, -0.05) is 133 Å². The van der Waals surface area contributed by atoms with Crippen molar-refractivity contribution < 1.29 is 0 Å². The van der Waals surface area contributed by atoms with E-state index in [1.54, 1.807) is 0 Å². The zero-order valence-corrected chi connectivity index (χ0v) is 24.8. The Kier molecular flexibility index (Phi) is 5.75. The second kappa shape index (κ2) is 10.1. The fraction of sp³-hybridized carbons (Fsp3) is 0. The monoisotopic (exact) mass is 577 g/mol. The minimum atomic E-state index is 1.23. The van der Waals surface area contributed by atoms with Crippen LogP contribution in [0.3, 0.4) is 0 Å². The summed E-state index contributed by atoms with van der Waals surface area (Å²) in [4.78, 5) is 2.57. The lowest BCUT2D eigenvalue weighted by molar-refractivity contribution is 1.21. The van der Waals surface area contributed by atoms with Gasteiger partial charge in [0.1, 0.15) is 0 Å². The summed E-state index contributed by atoms with van der Waals surface area (Å²) in [6, 6.07) is 59.7. The first kappa shape index (κ1) is 25.1. The highest BCUT2D eigenvalue weighted by molar-refractivity contribution is 7.18. The molecule has 9 rings (SSSR count). The summed E-state index contributed by atoms with van der Waals surface area (Å²) in [5, 5.41) is 7.58. The quantitative estimate of drug-likeness (QED) is 0.183. The van der Waals surface area contributed by atoms with Crippen LogP contribution in [0.15, 0.2) is 164 Å². The molecule has 2 heteroatoms. The van der Waals surface area contributed by atoms with E-state index >= 15 is 0 Å². The van der Waals surface area contributed by atoms with Gasteiger partial charge in [-0.2, -0.15) is 0 Å². The highest BCUT2D eigenvalue weighted by Gasteiger charge is 2.20. The fourth-order valence-corrected chi connectivity index (χ4v) is 7.91. The maximum Gasteiger partial charge on any atom is 0.0619 e. The lowest BCUT2D eigenvalue weighted by Gasteiger charge is -2.19. The molecule has 0 spiro atoms. The van der Waals surface area contributed by atoms with Gasteiger partial charge in [-0.3, -0.25) is 0 Å². The number of fused-ring (bicyclic) bond motifs is 5. The summed E-state index contributed by atoms with van der Waals surface area (Å²) >= 11 is 1.85. The molecule has 9 aromatic rings. The van der Waals surface area contributed by atoms with Gasteiger partial charge in [0.2, 0.25) is 0 Å². The third kappa shape index (κ3) is 3.85. The fourth-order valence-electron chi connectivity index (χ4n) is 6.90. The van der Waals surface area contributed by atoms with Gasteiger partial charge >= 0.3 is 0 Å². The van der Waals surface area contributed by atoms with Gasteiger partial charge in [0.05, 0.1) is 16.7 Å². The molecule has 0 saturated heterocycles. The molecule has 0 atom stereocenters. The Bertz CT molecular complexity index is 2390. The molecule has 7 aromatic carbocycles. The maximum atomic E-state index is 2.48. The van der Waals surface area contributed by atoms with Crippen LogP contribution in [-0.4, -0.2) is 4.57 Å². The van der Waals surface area contributed by atoms with Crippen molar-refractivity contribution in [3.63, 3.8) is 0 Å². The number of rotatable bonds is 4. The lowest BCUT2D eigenvalue weighted by Crippen LogP contribution is -1.99. The van der Waals surface area contributed by atoms with Crippen molar-refractivity contribution in [2.75, 3.05) is 0 Å². The first-order chi connectivity index (χ1) is 21.8. The van der Waals surface area contributed by atoms with Crippen molar-refractivity contribution >= 4 is 54.7 Å². The number of benzene rings is 7. The van der Waals surface area contributed by atoms with Crippen LogP contribution in [0.5, 0.6) is 0 Å².